The van der Waals surface area contributed by atoms with Gasteiger partial charge in [0.2, 0.25) is 5.91 Å². The van der Waals surface area contributed by atoms with Crippen molar-refractivity contribution < 1.29 is 14.3 Å². The number of pyridine rings is 1. The third-order valence-electron chi connectivity index (χ3n) is 6.20. The van der Waals surface area contributed by atoms with E-state index in [4.69, 9.17) is 4.74 Å². The molecule has 0 aliphatic carbocycles. The summed E-state index contributed by atoms with van der Waals surface area (Å²) in [5.41, 5.74) is 1.12. The molecule has 3 aliphatic rings. The third-order valence-corrected chi connectivity index (χ3v) is 6.20. The lowest BCUT2D eigenvalue weighted by molar-refractivity contribution is -0.150. The molecule has 1 spiro atoms. The van der Waals surface area contributed by atoms with Crippen LogP contribution in [0.3, 0.4) is 0 Å². The van der Waals surface area contributed by atoms with Crippen molar-refractivity contribution in [3.05, 3.63) is 29.6 Å². The van der Waals surface area contributed by atoms with Crippen molar-refractivity contribution in [2.75, 3.05) is 32.8 Å². The molecule has 4 heterocycles. The number of amides is 2. The predicted octanol–water partition coefficient (Wildman–Crippen LogP) is 2.02. The standard InChI is InChI=1S/C20H27N3O3/c1-15-3-4-16(13-21-15)18(24)22-10-8-20(14-22)7-2-9-23(19(20)25)17-5-11-26-12-6-17/h3-4,13,17H,2,5-12,14H2,1H3/t20-/m0/s1. The van der Waals surface area contributed by atoms with E-state index in [1.165, 1.54) is 0 Å². The number of carbonyl (C=O) groups is 2. The van der Waals surface area contributed by atoms with Crippen LogP contribution in [-0.2, 0) is 9.53 Å². The molecule has 140 valence electrons. The minimum absolute atomic E-state index is 0.00892. The van der Waals surface area contributed by atoms with E-state index in [0.717, 1.165) is 57.6 Å². The number of rotatable bonds is 2. The predicted molar refractivity (Wildman–Crippen MR) is 96.7 cm³/mol. The van der Waals surface area contributed by atoms with E-state index in [1.807, 2.05) is 24.0 Å². The summed E-state index contributed by atoms with van der Waals surface area (Å²) >= 11 is 0. The van der Waals surface area contributed by atoms with Gasteiger partial charge in [0.1, 0.15) is 0 Å². The van der Waals surface area contributed by atoms with Gasteiger partial charge >= 0.3 is 0 Å². The first-order chi connectivity index (χ1) is 12.6. The van der Waals surface area contributed by atoms with E-state index >= 15 is 0 Å². The van der Waals surface area contributed by atoms with Crippen LogP contribution < -0.4 is 0 Å². The number of aryl methyl sites for hydroxylation is 1. The number of piperidine rings is 1. The molecule has 2 amide bonds. The first-order valence-electron chi connectivity index (χ1n) is 9.70. The quantitative estimate of drug-likeness (QED) is 0.812. The average molecular weight is 357 g/mol. The fourth-order valence-corrected chi connectivity index (χ4v) is 4.65. The Morgan fingerprint density at radius 3 is 2.77 bits per heavy atom. The van der Waals surface area contributed by atoms with E-state index in [2.05, 4.69) is 9.88 Å². The Morgan fingerprint density at radius 2 is 2.04 bits per heavy atom. The van der Waals surface area contributed by atoms with Gasteiger partial charge < -0.3 is 14.5 Å². The van der Waals surface area contributed by atoms with Crippen LogP contribution in [0.25, 0.3) is 0 Å². The molecule has 0 unspecified atom stereocenters. The monoisotopic (exact) mass is 357 g/mol. The minimum Gasteiger partial charge on any atom is -0.381 e. The number of ether oxygens (including phenoxy) is 1. The third kappa shape index (κ3) is 3.11. The fourth-order valence-electron chi connectivity index (χ4n) is 4.65. The Labute approximate surface area is 154 Å². The molecular formula is C20H27N3O3. The van der Waals surface area contributed by atoms with Gasteiger partial charge in [-0.2, -0.15) is 0 Å². The summed E-state index contributed by atoms with van der Waals surface area (Å²) in [5.74, 6) is 0.248. The zero-order valence-electron chi connectivity index (χ0n) is 15.4. The summed E-state index contributed by atoms with van der Waals surface area (Å²) < 4.78 is 5.45. The molecule has 6 heteroatoms. The van der Waals surface area contributed by atoms with E-state index < -0.39 is 0 Å². The van der Waals surface area contributed by atoms with Crippen LogP contribution in [0.4, 0.5) is 0 Å². The Kier molecular flexibility index (Phi) is 4.69. The summed E-state index contributed by atoms with van der Waals surface area (Å²) in [6.07, 6.45) is 6.19. The van der Waals surface area contributed by atoms with Crippen molar-refractivity contribution in [2.24, 2.45) is 5.41 Å². The second-order valence-corrected chi connectivity index (χ2v) is 7.89. The van der Waals surface area contributed by atoms with Crippen molar-refractivity contribution in [1.82, 2.24) is 14.8 Å². The summed E-state index contributed by atoms with van der Waals surface area (Å²) in [6.45, 7) is 5.43. The molecule has 0 radical (unpaired) electrons. The second kappa shape index (κ2) is 6.99. The molecule has 1 aromatic rings. The van der Waals surface area contributed by atoms with Gasteiger partial charge in [-0.1, -0.05) is 0 Å². The van der Waals surface area contributed by atoms with Gasteiger partial charge in [0.15, 0.2) is 0 Å². The van der Waals surface area contributed by atoms with Crippen molar-refractivity contribution in [3.8, 4) is 0 Å². The second-order valence-electron chi connectivity index (χ2n) is 7.89. The van der Waals surface area contributed by atoms with E-state index in [-0.39, 0.29) is 17.2 Å². The summed E-state index contributed by atoms with van der Waals surface area (Å²) in [7, 11) is 0. The molecule has 0 N–H and O–H groups in total. The Morgan fingerprint density at radius 1 is 1.23 bits per heavy atom. The van der Waals surface area contributed by atoms with Crippen molar-refractivity contribution >= 4 is 11.8 Å². The summed E-state index contributed by atoms with van der Waals surface area (Å²) in [6, 6.07) is 3.99. The number of hydrogen-bond acceptors (Lipinski definition) is 4. The first kappa shape index (κ1) is 17.5. The van der Waals surface area contributed by atoms with Crippen LogP contribution in [0.2, 0.25) is 0 Å². The zero-order chi connectivity index (χ0) is 18.1. The van der Waals surface area contributed by atoms with Gasteiger partial charge in [-0.15, -0.1) is 0 Å². The van der Waals surface area contributed by atoms with Crippen molar-refractivity contribution in [3.63, 3.8) is 0 Å². The van der Waals surface area contributed by atoms with Crippen LogP contribution in [-0.4, -0.2) is 65.5 Å². The maximum atomic E-state index is 13.3. The molecule has 6 nitrogen and oxygen atoms in total. The maximum absolute atomic E-state index is 13.3. The molecule has 0 aromatic carbocycles. The average Bonchev–Trinajstić information content (AvgIpc) is 3.10. The molecule has 4 rings (SSSR count). The van der Waals surface area contributed by atoms with Crippen LogP contribution in [0.1, 0.15) is 48.2 Å². The molecule has 3 saturated heterocycles. The lowest BCUT2D eigenvalue weighted by Gasteiger charge is -2.44. The SMILES string of the molecule is Cc1ccc(C(=O)N2CC[C@@]3(CCCN(C4CCOCC4)C3=O)C2)cn1. The van der Waals surface area contributed by atoms with Gasteiger partial charge in [-0.25, -0.2) is 0 Å². The smallest absolute Gasteiger partial charge is 0.255 e. The first-order valence-corrected chi connectivity index (χ1v) is 9.70. The number of aromatic nitrogens is 1. The fraction of sp³-hybridized carbons (Fsp3) is 0.650. The Hall–Kier alpha value is -1.95. The van der Waals surface area contributed by atoms with Crippen LogP contribution in [0.15, 0.2) is 18.3 Å². The number of nitrogens with zero attached hydrogens (tertiary/aromatic N) is 3. The molecular weight excluding hydrogens is 330 g/mol. The zero-order valence-corrected chi connectivity index (χ0v) is 15.4. The molecule has 26 heavy (non-hydrogen) atoms. The highest BCUT2D eigenvalue weighted by Gasteiger charge is 2.50. The number of likely N-dealkylation sites (tertiary alicyclic amines) is 2. The Bertz CT molecular complexity index is 684. The molecule has 0 saturated carbocycles. The van der Waals surface area contributed by atoms with Crippen LogP contribution in [0, 0.1) is 12.3 Å². The molecule has 1 aromatic heterocycles. The molecule has 3 aliphatic heterocycles. The van der Waals surface area contributed by atoms with Gasteiger partial charge in [0.05, 0.1) is 11.0 Å². The van der Waals surface area contributed by atoms with Crippen LogP contribution >= 0.6 is 0 Å². The van der Waals surface area contributed by atoms with Gasteiger partial charge in [0, 0.05) is 50.8 Å². The largest absolute Gasteiger partial charge is 0.381 e. The summed E-state index contributed by atoms with van der Waals surface area (Å²) in [4.78, 5) is 34.3. The van der Waals surface area contributed by atoms with E-state index in [0.29, 0.717) is 24.7 Å². The topological polar surface area (TPSA) is 62.7 Å². The molecule has 1 atom stereocenters. The van der Waals surface area contributed by atoms with Crippen LogP contribution in [0.5, 0.6) is 0 Å². The molecule has 3 fully saturated rings. The van der Waals surface area contributed by atoms with E-state index in [1.54, 1.807) is 6.20 Å². The van der Waals surface area contributed by atoms with Gasteiger partial charge in [-0.3, -0.25) is 14.6 Å². The number of carbonyl (C=O) groups excluding carboxylic acids is 2. The molecule has 0 bridgehead atoms. The number of hydrogen-bond donors (Lipinski definition) is 0. The van der Waals surface area contributed by atoms with Crippen molar-refractivity contribution in [1.29, 1.82) is 0 Å². The van der Waals surface area contributed by atoms with Gasteiger partial charge in [-0.05, 0) is 51.2 Å². The van der Waals surface area contributed by atoms with Gasteiger partial charge in [0.25, 0.3) is 5.91 Å². The minimum atomic E-state index is -0.385. The highest BCUT2D eigenvalue weighted by atomic mass is 16.5. The lowest BCUT2D eigenvalue weighted by atomic mass is 9.77. The highest BCUT2D eigenvalue weighted by molar-refractivity contribution is 5.95. The maximum Gasteiger partial charge on any atom is 0.255 e. The normalized spacial score (nSPS) is 27.3. The Balaban J connectivity index is 1.48. The van der Waals surface area contributed by atoms with E-state index in [9.17, 15) is 9.59 Å². The summed E-state index contributed by atoms with van der Waals surface area (Å²) in [5, 5.41) is 0. The highest BCUT2D eigenvalue weighted by Crippen LogP contribution is 2.41. The van der Waals surface area contributed by atoms with Crippen molar-refractivity contribution in [2.45, 2.75) is 45.1 Å². The lowest BCUT2D eigenvalue weighted by Crippen LogP contribution is -2.55.